The second-order valence-corrected chi connectivity index (χ2v) is 7.61. The summed E-state index contributed by atoms with van der Waals surface area (Å²) in [6.07, 6.45) is 8.67. The molecule has 0 saturated carbocycles. The molecule has 1 aliphatic heterocycles. The molecule has 25 heavy (non-hydrogen) atoms. The first kappa shape index (κ1) is 14.8. The Morgan fingerprint density at radius 2 is 2.04 bits per heavy atom. The SMILES string of the molecule is c1ccc2sc(-c3nccn3Cc3nnc4n3CCCCC4)cc2c1. The summed E-state index contributed by atoms with van der Waals surface area (Å²) in [5, 5.41) is 10.1. The lowest BCUT2D eigenvalue weighted by Gasteiger charge is -2.09. The van der Waals surface area contributed by atoms with Gasteiger partial charge in [0.2, 0.25) is 0 Å². The predicted molar refractivity (Wildman–Crippen MR) is 99.7 cm³/mol. The third-order valence-electron chi connectivity index (χ3n) is 4.86. The summed E-state index contributed by atoms with van der Waals surface area (Å²) >= 11 is 1.79. The van der Waals surface area contributed by atoms with Gasteiger partial charge in [-0.25, -0.2) is 4.98 Å². The van der Waals surface area contributed by atoms with Crippen LogP contribution in [0, 0.1) is 0 Å². The first-order valence-corrected chi connectivity index (χ1v) is 9.61. The van der Waals surface area contributed by atoms with Gasteiger partial charge < -0.3 is 9.13 Å². The van der Waals surface area contributed by atoms with Crippen molar-refractivity contribution in [3.8, 4) is 10.7 Å². The minimum atomic E-state index is 0.719. The molecule has 0 bridgehead atoms. The standard InChI is InChI=1S/C19H19N5S/c1-2-8-17-21-22-18(24(17)10-5-1)13-23-11-9-20-19(23)16-12-14-6-3-4-7-15(14)25-16/h3-4,6-7,9,11-12H,1-2,5,8,10,13H2. The van der Waals surface area contributed by atoms with E-state index in [2.05, 4.69) is 54.6 Å². The number of nitrogens with zero attached hydrogens (tertiary/aromatic N) is 5. The van der Waals surface area contributed by atoms with Crippen LogP contribution < -0.4 is 0 Å². The number of aromatic nitrogens is 5. The van der Waals surface area contributed by atoms with Crippen LogP contribution in [0.1, 0.15) is 30.9 Å². The molecule has 0 unspecified atom stereocenters. The van der Waals surface area contributed by atoms with Crippen LogP contribution in [0.5, 0.6) is 0 Å². The fourth-order valence-corrected chi connectivity index (χ4v) is 4.64. The number of fused-ring (bicyclic) bond motifs is 2. The van der Waals surface area contributed by atoms with Crippen molar-refractivity contribution in [2.75, 3.05) is 0 Å². The van der Waals surface area contributed by atoms with Crippen LogP contribution in [0.25, 0.3) is 20.8 Å². The van der Waals surface area contributed by atoms with Crippen LogP contribution >= 0.6 is 11.3 Å². The maximum atomic E-state index is 4.61. The Morgan fingerprint density at radius 3 is 3.00 bits per heavy atom. The quantitative estimate of drug-likeness (QED) is 0.559. The molecule has 5 rings (SSSR count). The second kappa shape index (κ2) is 6.11. The minimum absolute atomic E-state index is 0.719. The molecule has 6 heteroatoms. The van der Waals surface area contributed by atoms with E-state index in [1.54, 1.807) is 11.3 Å². The number of imidazole rings is 1. The van der Waals surface area contributed by atoms with Gasteiger partial charge in [0, 0.05) is 30.1 Å². The van der Waals surface area contributed by atoms with Gasteiger partial charge in [0.15, 0.2) is 5.82 Å². The van der Waals surface area contributed by atoms with Gasteiger partial charge in [-0.1, -0.05) is 24.6 Å². The van der Waals surface area contributed by atoms with Gasteiger partial charge in [0.05, 0.1) is 11.4 Å². The van der Waals surface area contributed by atoms with Crippen LogP contribution in [0.2, 0.25) is 0 Å². The van der Waals surface area contributed by atoms with Crippen molar-refractivity contribution < 1.29 is 0 Å². The normalized spacial score (nSPS) is 14.6. The number of hydrogen-bond acceptors (Lipinski definition) is 4. The Labute approximate surface area is 150 Å². The fraction of sp³-hybridized carbons (Fsp3) is 0.316. The largest absolute Gasteiger partial charge is 0.323 e. The van der Waals surface area contributed by atoms with E-state index in [4.69, 9.17) is 0 Å². The molecule has 0 N–H and O–H groups in total. The molecule has 0 radical (unpaired) electrons. The van der Waals surface area contributed by atoms with E-state index in [0.29, 0.717) is 0 Å². The molecule has 0 saturated heterocycles. The molecule has 1 aromatic carbocycles. The van der Waals surface area contributed by atoms with Crippen molar-refractivity contribution in [3.63, 3.8) is 0 Å². The zero-order valence-corrected chi connectivity index (χ0v) is 14.7. The van der Waals surface area contributed by atoms with Crippen molar-refractivity contribution in [1.29, 1.82) is 0 Å². The third-order valence-corrected chi connectivity index (χ3v) is 5.97. The smallest absolute Gasteiger partial charge is 0.153 e. The van der Waals surface area contributed by atoms with Crippen molar-refractivity contribution >= 4 is 21.4 Å². The zero-order chi connectivity index (χ0) is 16.6. The van der Waals surface area contributed by atoms with Crippen molar-refractivity contribution in [1.82, 2.24) is 24.3 Å². The summed E-state index contributed by atoms with van der Waals surface area (Å²) in [4.78, 5) is 5.80. The van der Waals surface area contributed by atoms with Crippen LogP contribution in [-0.2, 0) is 19.5 Å². The van der Waals surface area contributed by atoms with E-state index < -0.39 is 0 Å². The molecule has 0 aliphatic carbocycles. The summed E-state index contributed by atoms with van der Waals surface area (Å²) in [6.45, 7) is 1.75. The highest BCUT2D eigenvalue weighted by Gasteiger charge is 2.17. The van der Waals surface area contributed by atoms with Crippen LogP contribution in [0.4, 0.5) is 0 Å². The van der Waals surface area contributed by atoms with E-state index in [-0.39, 0.29) is 0 Å². The molecule has 0 spiro atoms. The average molecular weight is 349 g/mol. The summed E-state index contributed by atoms with van der Waals surface area (Å²) in [7, 11) is 0. The lowest BCUT2D eigenvalue weighted by atomic mass is 10.2. The maximum Gasteiger partial charge on any atom is 0.153 e. The lowest BCUT2D eigenvalue weighted by Crippen LogP contribution is -2.10. The van der Waals surface area contributed by atoms with Gasteiger partial charge in [0.1, 0.15) is 11.6 Å². The highest BCUT2D eigenvalue weighted by molar-refractivity contribution is 7.22. The molecule has 126 valence electrons. The monoisotopic (exact) mass is 349 g/mol. The third kappa shape index (κ3) is 2.66. The number of hydrogen-bond donors (Lipinski definition) is 0. The summed E-state index contributed by atoms with van der Waals surface area (Å²) in [5.74, 6) is 3.18. The van der Waals surface area contributed by atoms with Crippen molar-refractivity contribution in [3.05, 3.63) is 54.4 Å². The van der Waals surface area contributed by atoms with Gasteiger partial charge in [-0.15, -0.1) is 21.5 Å². The number of rotatable bonds is 3. The van der Waals surface area contributed by atoms with Gasteiger partial charge in [-0.2, -0.15) is 0 Å². The summed E-state index contributed by atoms with van der Waals surface area (Å²) in [5.41, 5.74) is 0. The fourth-order valence-electron chi connectivity index (χ4n) is 3.57. The predicted octanol–water partition coefficient (Wildman–Crippen LogP) is 4.13. The van der Waals surface area contributed by atoms with E-state index in [9.17, 15) is 0 Å². The van der Waals surface area contributed by atoms with E-state index >= 15 is 0 Å². The maximum absolute atomic E-state index is 4.61. The molecular formula is C19H19N5S. The molecule has 0 fully saturated rings. The Morgan fingerprint density at radius 1 is 1.08 bits per heavy atom. The summed E-state index contributed by atoms with van der Waals surface area (Å²) < 4.78 is 5.79. The molecule has 1 aliphatic rings. The molecule has 3 aromatic heterocycles. The van der Waals surface area contributed by atoms with Crippen molar-refractivity contribution in [2.24, 2.45) is 0 Å². The first-order valence-electron chi connectivity index (χ1n) is 8.79. The molecule has 4 heterocycles. The Hall–Kier alpha value is -2.47. The van der Waals surface area contributed by atoms with Gasteiger partial charge in [-0.3, -0.25) is 0 Å². The molecular weight excluding hydrogens is 330 g/mol. The highest BCUT2D eigenvalue weighted by atomic mass is 32.1. The Kier molecular flexibility index (Phi) is 3.63. The van der Waals surface area contributed by atoms with Gasteiger partial charge in [0.25, 0.3) is 0 Å². The number of thiophene rings is 1. The summed E-state index contributed by atoms with van der Waals surface area (Å²) in [6, 6.07) is 10.7. The molecule has 4 aromatic rings. The Balaban J connectivity index is 1.50. The molecule has 0 amide bonds. The van der Waals surface area contributed by atoms with Gasteiger partial charge in [-0.05, 0) is 30.4 Å². The number of benzene rings is 1. The molecule has 0 atom stereocenters. The van der Waals surface area contributed by atoms with Crippen LogP contribution in [0.3, 0.4) is 0 Å². The minimum Gasteiger partial charge on any atom is -0.323 e. The lowest BCUT2D eigenvalue weighted by molar-refractivity contribution is 0.590. The van der Waals surface area contributed by atoms with E-state index in [1.165, 1.54) is 34.2 Å². The second-order valence-electron chi connectivity index (χ2n) is 6.52. The topological polar surface area (TPSA) is 48.5 Å². The number of aryl methyl sites for hydroxylation is 1. The zero-order valence-electron chi connectivity index (χ0n) is 13.9. The Bertz CT molecular complexity index is 992. The van der Waals surface area contributed by atoms with E-state index in [0.717, 1.165) is 37.0 Å². The van der Waals surface area contributed by atoms with Crippen LogP contribution in [-0.4, -0.2) is 24.3 Å². The van der Waals surface area contributed by atoms with Gasteiger partial charge >= 0.3 is 0 Å². The average Bonchev–Trinajstić information content (AvgIpc) is 3.30. The highest BCUT2D eigenvalue weighted by Crippen LogP contribution is 2.32. The van der Waals surface area contributed by atoms with Crippen molar-refractivity contribution in [2.45, 2.75) is 38.8 Å². The molecule has 5 nitrogen and oxygen atoms in total. The van der Waals surface area contributed by atoms with Crippen LogP contribution in [0.15, 0.2) is 42.7 Å². The first-order chi connectivity index (χ1) is 12.4. The van der Waals surface area contributed by atoms with E-state index in [1.807, 2.05) is 12.4 Å².